The summed E-state index contributed by atoms with van der Waals surface area (Å²) in [6.07, 6.45) is 13.2. The van der Waals surface area contributed by atoms with Crippen molar-refractivity contribution in [3.05, 3.63) is 35.4 Å². The molecule has 1 saturated heterocycles. The minimum Gasteiger partial charge on any atom is -0.326 e. The van der Waals surface area contributed by atoms with Gasteiger partial charge in [-0.05, 0) is 58.4 Å². The molecule has 0 aromatic heterocycles. The predicted molar refractivity (Wildman–Crippen MR) is 158 cm³/mol. The molecule has 0 bridgehead atoms. The van der Waals surface area contributed by atoms with Crippen molar-refractivity contribution in [2.75, 3.05) is 0 Å². The monoisotopic (exact) mass is 556 g/mol. The van der Waals surface area contributed by atoms with Crippen LogP contribution in [0.4, 0.5) is 0 Å². The van der Waals surface area contributed by atoms with Crippen molar-refractivity contribution in [1.82, 2.24) is 10.2 Å². The van der Waals surface area contributed by atoms with Gasteiger partial charge in [-0.2, -0.15) is 0 Å². The van der Waals surface area contributed by atoms with Crippen LogP contribution in [0.25, 0.3) is 0 Å². The van der Waals surface area contributed by atoms with Gasteiger partial charge in [0, 0.05) is 29.4 Å². The van der Waals surface area contributed by atoms with Gasteiger partial charge in [0.25, 0.3) is 0 Å². The van der Waals surface area contributed by atoms with Crippen molar-refractivity contribution >= 4 is 29.1 Å². The minimum absolute atomic E-state index is 0.0189. The number of nitrogens with one attached hydrogen (secondary N) is 1. The zero-order valence-electron chi connectivity index (χ0n) is 24.6. The second-order valence-electron chi connectivity index (χ2n) is 13.0. The smallest absolute Gasteiger partial charge is 0.228 e. The van der Waals surface area contributed by atoms with E-state index in [9.17, 15) is 14.4 Å². The Morgan fingerprint density at radius 2 is 1.49 bits per heavy atom. The summed E-state index contributed by atoms with van der Waals surface area (Å²) in [5, 5.41) is 3.68. The summed E-state index contributed by atoms with van der Waals surface area (Å²) in [7, 11) is 0. The third kappa shape index (κ3) is 6.30. The number of hydrogen-bond acceptors (Lipinski definition) is 4. The lowest BCUT2D eigenvalue weighted by Crippen LogP contribution is -2.72. The van der Waals surface area contributed by atoms with E-state index in [4.69, 9.17) is 11.6 Å². The third-order valence-corrected chi connectivity index (χ3v) is 10.3. The highest BCUT2D eigenvalue weighted by molar-refractivity contribution is 6.17. The van der Waals surface area contributed by atoms with Crippen LogP contribution in [0.3, 0.4) is 0 Å². The largest absolute Gasteiger partial charge is 0.326 e. The first-order valence-corrected chi connectivity index (χ1v) is 16.0. The van der Waals surface area contributed by atoms with E-state index >= 15 is 0 Å². The van der Waals surface area contributed by atoms with Crippen molar-refractivity contribution in [2.45, 2.75) is 140 Å². The van der Waals surface area contributed by atoms with Gasteiger partial charge in [0.1, 0.15) is 0 Å². The summed E-state index contributed by atoms with van der Waals surface area (Å²) >= 11 is 5.95. The Morgan fingerprint density at radius 1 is 0.897 bits per heavy atom. The molecule has 0 radical (unpaired) electrons. The zero-order chi connectivity index (χ0) is 28.2. The number of β-lactam (4-membered cyclic amide) rings is 1. The van der Waals surface area contributed by atoms with Crippen LogP contribution in [0.5, 0.6) is 0 Å². The van der Waals surface area contributed by atoms with E-state index in [1.165, 1.54) is 12.8 Å². The molecule has 3 fully saturated rings. The van der Waals surface area contributed by atoms with Crippen LogP contribution < -0.4 is 5.32 Å². The molecule has 4 rings (SSSR count). The van der Waals surface area contributed by atoms with E-state index < -0.39 is 11.1 Å². The maximum Gasteiger partial charge on any atom is 0.228 e. The Labute approximate surface area is 240 Å². The average molecular weight is 557 g/mol. The standard InChI is InChI=1S/C33H49ClN2O3/c1-5-33(4,36-28-17-13-9-7-11-15-26(28)31(36)39)30(38)25-14-10-6-8-12-16-27(25)35-32(2,3)29(37)24-20-18-23(22-34)19-21-24/h18-21,25-28,35H,5-17,22H2,1-4H3/t25-,26-,27+,28+,33?/m1/s1. The second kappa shape index (κ2) is 12.9. The van der Waals surface area contributed by atoms with Crippen LogP contribution >= 0.6 is 11.6 Å². The highest BCUT2D eigenvalue weighted by atomic mass is 35.5. The van der Waals surface area contributed by atoms with Crippen LogP contribution in [0, 0.1) is 11.8 Å². The van der Waals surface area contributed by atoms with Gasteiger partial charge in [-0.3, -0.25) is 14.4 Å². The van der Waals surface area contributed by atoms with E-state index in [2.05, 4.69) is 12.2 Å². The van der Waals surface area contributed by atoms with Crippen LogP contribution in [-0.4, -0.2) is 45.5 Å². The molecule has 1 N–H and O–H groups in total. The average Bonchev–Trinajstić information content (AvgIpc) is 2.90. The lowest BCUT2D eigenvalue weighted by molar-refractivity contribution is -0.176. The molecule has 1 heterocycles. The molecule has 3 aliphatic rings. The minimum atomic E-state index is -0.829. The molecule has 1 amide bonds. The normalized spacial score (nSPS) is 28.1. The molecule has 0 spiro atoms. The first kappa shape index (κ1) is 30.2. The fourth-order valence-corrected chi connectivity index (χ4v) is 7.58. The lowest BCUT2D eigenvalue weighted by atomic mass is 9.69. The van der Waals surface area contributed by atoms with Crippen molar-refractivity contribution < 1.29 is 14.4 Å². The Hall–Kier alpha value is -1.72. The van der Waals surface area contributed by atoms with Crippen molar-refractivity contribution in [3.63, 3.8) is 0 Å². The maximum absolute atomic E-state index is 14.6. The molecular formula is C33H49ClN2O3. The first-order chi connectivity index (χ1) is 18.6. The van der Waals surface area contributed by atoms with E-state index in [1.807, 2.05) is 49.9 Å². The summed E-state index contributed by atoms with van der Waals surface area (Å²) in [5.41, 5.74) is 0.00266. The van der Waals surface area contributed by atoms with Gasteiger partial charge in [0.2, 0.25) is 5.91 Å². The van der Waals surface area contributed by atoms with Gasteiger partial charge >= 0.3 is 0 Å². The summed E-state index contributed by atoms with van der Waals surface area (Å²) in [6, 6.07) is 7.59. The molecule has 5 atom stereocenters. The molecule has 5 nitrogen and oxygen atoms in total. The number of nitrogens with zero attached hydrogens (tertiary/aromatic N) is 1. The van der Waals surface area contributed by atoms with Crippen LogP contribution in [-0.2, 0) is 15.5 Å². The number of amides is 1. The van der Waals surface area contributed by atoms with Crippen molar-refractivity contribution in [3.8, 4) is 0 Å². The Bertz CT molecular complexity index is 1020. The Kier molecular flexibility index (Phi) is 9.96. The number of carbonyl (C=O) groups excluding carboxylic acids is 3. The molecule has 39 heavy (non-hydrogen) atoms. The number of rotatable bonds is 9. The first-order valence-electron chi connectivity index (χ1n) is 15.5. The van der Waals surface area contributed by atoms with Crippen LogP contribution in [0.15, 0.2) is 24.3 Å². The highest BCUT2D eigenvalue weighted by Crippen LogP contribution is 2.44. The van der Waals surface area contributed by atoms with E-state index in [0.29, 0.717) is 17.9 Å². The van der Waals surface area contributed by atoms with E-state index in [1.54, 1.807) is 0 Å². The number of benzene rings is 1. The molecule has 1 unspecified atom stereocenters. The molecule has 1 aromatic carbocycles. The maximum atomic E-state index is 14.6. The van der Waals surface area contributed by atoms with Gasteiger partial charge in [-0.1, -0.05) is 82.6 Å². The molecule has 1 aromatic rings. The SMILES string of the molecule is CCC(C)(C(=O)[C@@H]1CCCCCC[C@@H]1NC(C)(C)C(=O)c1ccc(CCl)cc1)N1C(=O)[C@@H]2CCCCCC[C@@H]21. The number of ketones is 2. The van der Waals surface area contributed by atoms with Crippen molar-refractivity contribution in [1.29, 1.82) is 0 Å². The van der Waals surface area contributed by atoms with Gasteiger partial charge in [0.15, 0.2) is 11.6 Å². The van der Waals surface area contributed by atoms with E-state index in [-0.39, 0.29) is 41.4 Å². The fraction of sp³-hybridized carbons (Fsp3) is 0.727. The van der Waals surface area contributed by atoms with Crippen LogP contribution in [0.1, 0.15) is 127 Å². The lowest BCUT2D eigenvalue weighted by Gasteiger charge is -2.57. The number of alkyl halides is 1. The molecule has 2 aliphatic carbocycles. The van der Waals surface area contributed by atoms with Gasteiger partial charge in [-0.25, -0.2) is 0 Å². The number of hydrogen-bond donors (Lipinski definition) is 1. The number of likely N-dealkylation sites (tertiary alicyclic amines) is 1. The number of fused-ring (bicyclic) bond motifs is 1. The molecule has 2 saturated carbocycles. The zero-order valence-corrected chi connectivity index (χ0v) is 25.3. The second-order valence-corrected chi connectivity index (χ2v) is 13.3. The summed E-state index contributed by atoms with van der Waals surface area (Å²) in [4.78, 5) is 43.7. The molecule has 1 aliphatic heterocycles. The number of halogens is 1. The van der Waals surface area contributed by atoms with Crippen molar-refractivity contribution in [2.24, 2.45) is 11.8 Å². The topological polar surface area (TPSA) is 66.5 Å². The van der Waals surface area contributed by atoms with Gasteiger partial charge in [0.05, 0.1) is 17.0 Å². The molecule has 216 valence electrons. The Balaban J connectivity index is 1.57. The summed E-state index contributed by atoms with van der Waals surface area (Å²) in [6.45, 7) is 7.95. The number of carbonyl (C=O) groups is 3. The predicted octanol–water partition coefficient (Wildman–Crippen LogP) is 7.23. The quantitative estimate of drug-likeness (QED) is 0.198. The Morgan fingerprint density at radius 3 is 2.10 bits per heavy atom. The van der Waals surface area contributed by atoms with E-state index in [0.717, 1.165) is 69.8 Å². The van der Waals surface area contributed by atoms with Crippen LogP contribution in [0.2, 0.25) is 0 Å². The van der Waals surface area contributed by atoms with Gasteiger partial charge in [-0.15, -0.1) is 11.6 Å². The molecule has 6 heteroatoms. The fourth-order valence-electron chi connectivity index (χ4n) is 7.40. The highest BCUT2D eigenvalue weighted by Gasteiger charge is 2.57. The number of Topliss-reactive ketones (excluding diaryl/α,β-unsaturated/α-hetero) is 2. The summed E-state index contributed by atoms with van der Waals surface area (Å²) < 4.78 is 0. The third-order valence-electron chi connectivity index (χ3n) is 9.95. The van der Waals surface area contributed by atoms with Gasteiger partial charge < -0.3 is 10.2 Å². The summed E-state index contributed by atoms with van der Waals surface area (Å²) in [5.74, 6) is 0.682. The molecular weight excluding hydrogens is 508 g/mol.